The highest BCUT2D eigenvalue weighted by atomic mass is 32.2. The molecule has 0 atom stereocenters. The smallest absolute Gasteiger partial charge is 0.286 e. The van der Waals surface area contributed by atoms with Crippen LogP contribution in [0.4, 0.5) is 0 Å². The Morgan fingerprint density at radius 3 is 2.56 bits per heavy atom. The Morgan fingerprint density at radius 1 is 1.08 bits per heavy atom. The number of carbonyl (C=O) groups excluding carboxylic acids is 1. The van der Waals surface area contributed by atoms with E-state index in [4.69, 9.17) is 9.47 Å². The van der Waals surface area contributed by atoms with Gasteiger partial charge in [0, 0.05) is 24.2 Å². The van der Waals surface area contributed by atoms with Crippen LogP contribution in [0.3, 0.4) is 0 Å². The fourth-order valence-corrected chi connectivity index (χ4v) is 6.25. The number of benzene rings is 2. The van der Waals surface area contributed by atoms with Crippen LogP contribution in [0, 0.1) is 0 Å². The predicted molar refractivity (Wildman–Crippen MR) is 143 cm³/mol. The van der Waals surface area contributed by atoms with Crippen LogP contribution in [-0.2, 0) is 14.9 Å². The topological polar surface area (TPSA) is 91.6 Å². The minimum Gasteiger partial charge on any atom is -0.508 e. The van der Waals surface area contributed by atoms with Gasteiger partial charge >= 0.3 is 0 Å². The second-order valence-electron chi connectivity index (χ2n) is 9.88. The van der Waals surface area contributed by atoms with Gasteiger partial charge in [-0.05, 0) is 71.5 Å². The molecule has 0 unspecified atom stereocenters. The number of aliphatic imine (C=N–C) groups is 1. The van der Waals surface area contributed by atoms with Gasteiger partial charge in [-0.1, -0.05) is 32.3 Å². The molecule has 2 N–H and O–H groups in total. The maximum absolute atomic E-state index is 12.7. The molecule has 1 amide bonds. The monoisotopic (exact) mass is 508 g/mol. The van der Waals surface area contributed by atoms with Crippen LogP contribution in [0.5, 0.6) is 17.2 Å². The van der Waals surface area contributed by atoms with Crippen LogP contribution in [0.25, 0.3) is 17.2 Å². The van der Waals surface area contributed by atoms with Gasteiger partial charge in [0.25, 0.3) is 5.91 Å². The van der Waals surface area contributed by atoms with E-state index in [2.05, 4.69) is 18.0 Å². The Labute approximate surface area is 215 Å². The summed E-state index contributed by atoms with van der Waals surface area (Å²) < 4.78 is 10.9. The van der Waals surface area contributed by atoms with Crippen LogP contribution in [0.15, 0.2) is 40.2 Å². The summed E-state index contributed by atoms with van der Waals surface area (Å²) in [6.07, 6.45) is 7.32. The molecule has 2 heterocycles. The Kier molecular flexibility index (Phi) is 6.99. The Bertz CT molecular complexity index is 1230. The zero-order valence-electron chi connectivity index (χ0n) is 20.7. The molecule has 0 aromatic heterocycles. The summed E-state index contributed by atoms with van der Waals surface area (Å²) in [5, 5.41) is 22.2. The molecule has 0 bridgehead atoms. The molecule has 3 aliphatic rings. The first-order chi connectivity index (χ1) is 17.4. The molecule has 7 nitrogen and oxygen atoms in total. The van der Waals surface area contributed by atoms with Gasteiger partial charge in [0.15, 0.2) is 16.7 Å². The fraction of sp³-hybridized carbons (Fsp3) is 0.429. The number of phenolic OH excluding ortho intramolecular Hbond substituents is 2. The summed E-state index contributed by atoms with van der Waals surface area (Å²) in [6.45, 7) is 4.85. The molecule has 2 aromatic carbocycles. The molecule has 1 aliphatic carbocycles. The molecular formula is C28H32N2O5S. The summed E-state index contributed by atoms with van der Waals surface area (Å²) >= 11 is 1.31. The second-order valence-corrected chi connectivity index (χ2v) is 10.9. The number of methoxy groups -OCH3 is 1. The largest absolute Gasteiger partial charge is 0.508 e. The van der Waals surface area contributed by atoms with Crippen molar-refractivity contribution in [1.29, 1.82) is 0 Å². The lowest BCUT2D eigenvalue weighted by Crippen LogP contribution is -2.38. The number of nitrogens with zero attached hydrogens (tertiary/aromatic N) is 2. The standard InChI is InChI=1S/C28H32N2O5S/c1-28(8-4-3-5-9-28)21-15-18(6-7-22(21)31)19-14-20(25(32)23(16-19)34-2)17-24-26(33)29-27(36-24)30-10-12-35-13-11-30/h6-7,14-17,31-32H,3-5,8-13H2,1-2H3/b24-17+. The number of morpholine rings is 1. The number of rotatable bonds is 4. The van der Waals surface area contributed by atoms with Crippen molar-refractivity contribution in [3.05, 3.63) is 46.4 Å². The van der Waals surface area contributed by atoms with E-state index in [0.717, 1.165) is 42.4 Å². The van der Waals surface area contributed by atoms with Crippen molar-refractivity contribution in [2.45, 2.75) is 44.4 Å². The lowest BCUT2D eigenvalue weighted by molar-refractivity contribution is -0.113. The molecule has 36 heavy (non-hydrogen) atoms. The van der Waals surface area contributed by atoms with Crippen LogP contribution in [0.1, 0.15) is 50.2 Å². The lowest BCUT2D eigenvalue weighted by Gasteiger charge is -2.35. The van der Waals surface area contributed by atoms with Gasteiger partial charge in [-0.15, -0.1) is 0 Å². The van der Waals surface area contributed by atoms with Crippen LogP contribution in [-0.4, -0.2) is 59.6 Å². The third-order valence-electron chi connectivity index (χ3n) is 7.44. The molecule has 1 saturated heterocycles. The molecule has 0 radical (unpaired) electrons. The minimum atomic E-state index is -0.317. The Morgan fingerprint density at radius 2 is 1.83 bits per heavy atom. The Hall–Kier alpha value is -2.97. The molecular weight excluding hydrogens is 476 g/mol. The van der Waals surface area contributed by atoms with E-state index in [1.165, 1.54) is 25.3 Å². The summed E-state index contributed by atoms with van der Waals surface area (Å²) in [4.78, 5) is 19.4. The van der Waals surface area contributed by atoms with Gasteiger partial charge in [0.05, 0.1) is 25.2 Å². The van der Waals surface area contributed by atoms with E-state index in [1.807, 2.05) is 17.0 Å². The first kappa shape index (κ1) is 24.7. The fourth-order valence-electron chi connectivity index (χ4n) is 5.29. The van der Waals surface area contributed by atoms with Crippen LogP contribution in [0.2, 0.25) is 0 Å². The van der Waals surface area contributed by atoms with Crippen molar-refractivity contribution >= 4 is 28.9 Å². The van der Waals surface area contributed by atoms with Crippen LogP contribution >= 0.6 is 11.8 Å². The van der Waals surface area contributed by atoms with Crippen molar-refractivity contribution in [3.63, 3.8) is 0 Å². The number of carbonyl (C=O) groups is 1. The van der Waals surface area contributed by atoms with Gasteiger partial charge in [-0.2, -0.15) is 4.99 Å². The molecule has 2 fully saturated rings. The van der Waals surface area contributed by atoms with Crippen molar-refractivity contribution in [3.8, 4) is 28.4 Å². The molecule has 5 rings (SSSR count). The summed E-state index contributed by atoms with van der Waals surface area (Å²) in [5.74, 6) is 0.294. The van der Waals surface area contributed by atoms with Gasteiger partial charge in [-0.25, -0.2) is 0 Å². The van der Waals surface area contributed by atoms with E-state index in [1.54, 1.807) is 18.2 Å². The van der Waals surface area contributed by atoms with E-state index in [-0.39, 0.29) is 17.1 Å². The minimum absolute atomic E-state index is 0.0276. The molecule has 8 heteroatoms. The SMILES string of the molecule is COc1cc(-c2ccc(O)c(C3(C)CCCCC3)c2)cc(/C=C2/SC(N3CCOCC3)=NC2=O)c1O. The average Bonchev–Trinajstić information content (AvgIpc) is 3.26. The summed E-state index contributed by atoms with van der Waals surface area (Å²) in [5.41, 5.74) is 3.13. The maximum atomic E-state index is 12.7. The molecule has 2 aliphatic heterocycles. The number of hydrogen-bond donors (Lipinski definition) is 2. The summed E-state index contributed by atoms with van der Waals surface area (Å²) in [6, 6.07) is 9.32. The number of phenols is 2. The highest BCUT2D eigenvalue weighted by molar-refractivity contribution is 8.18. The first-order valence-corrected chi connectivity index (χ1v) is 13.3. The zero-order valence-corrected chi connectivity index (χ0v) is 21.6. The second kappa shape index (κ2) is 10.2. The molecule has 0 spiro atoms. The van der Waals surface area contributed by atoms with Crippen molar-refractivity contribution < 1.29 is 24.5 Å². The molecule has 2 aromatic rings. The average molecular weight is 509 g/mol. The molecule has 190 valence electrons. The van der Waals surface area contributed by atoms with E-state index in [9.17, 15) is 15.0 Å². The molecule has 1 saturated carbocycles. The van der Waals surface area contributed by atoms with E-state index >= 15 is 0 Å². The van der Waals surface area contributed by atoms with Gasteiger partial charge in [-0.3, -0.25) is 4.79 Å². The number of amides is 1. The zero-order chi connectivity index (χ0) is 25.3. The predicted octanol–water partition coefficient (Wildman–Crippen LogP) is 5.30. The quantitative estimate of drug-likeness (QED) is 0.542. The highest BCUT2D eigenvalue weighted by Gasteiger charge is 2.32. The number of amidine groups is 1. The van der Waals surface area contributed by atoms with Crippen LogP contribution < -0.4 is 4.74 Å². The van der Waals surface area contributed by atoms with E-state index in [0.29, 0.717) is 53.4 Å². The maximum Gasteiger partial charge on any atom is 0.286 e. The van der Waals surface area contributed by atoms with Gasteiger partial charge in [0.1, 0.15) is 5.75 Å². The third kappa shape index (κ3) is 4.84. The third-order valence-corrected chi connectivity index (χ3v) is 8.48. The van der Waals surface area contributed by atoms with E-state index < -0.39 is 0 Å². The normalized spacial score (nSPS) is 21.1. The van der Waals surface area contributed by atoms with Gasteiger partial charge in [0.2, 0.25) is 0 Å². The summed E-state index contributed by atoms with van der Waals surface area (Å²) in [7, 11) is 1.51. The first-order valence-electron chi connectivity index (χ1n) is 12.5. The highest BCUT2D eigenvalue weighted by Crippen LogP contribution is 2.45. The van der Waals surface area contributed by atoms with Crippen molar-refractivity contribution in [2.75, 3.05) is 33.4 Å². The van der Waals surface area contributed by atoms with Gasteiger partial charge < -0.3 is 24.6 Å². The number of ether oxygens (including phenoxy) is 2. The lowest BCUT2D eigenvalue weighted by atomic mass is 9.70. The van der Waals surface area contributed by atoms with Crippen molar-refractivity contribution in [2.24, 2.45) is 4.99 Å². The Balaban J connectivity index is 1.49. The van der Waals surface area contributed by atoms with Crippen molar-refractivity contribution in [1.82, 2.24) is 4.90 Å². The number of hydrogen-bond acceptors (Lipinski definition) is 7. The number of thioether (sulfide) groups is 1. The number of aromatic hydroxyl groups is 2.